The molecule has 3 N–H and O–H groups in total. The van der Waals surface area contributed by atoms with Crippen molar-refractivity contribution >= 4 is 17.3 Å². The summed E-state index contributed by atoms with van der Waals surface area (Å²) in [5.41, 5.74) is 2.59. The van der Waals surface area contributed by atoms with Gasteiger partial charge < -0.3 is 15.7 Å². The molecule has 0 heterocycles. The van der Waals surface area contributed by atoms with Crippen LogP contribution in [0.1, 0.15) is 31.9 Å². The van der Waals surface area contributed by atoms with Crippen LogP contribution in [0.2, 0.25) is 0 Å². The third kappa shape index (κ3) is 3.99. The molecule has 0 saturated heterocycles. The number of aromatic hydroxyl groups is 1. The molecular formula is C17H20N2O2. The van der Waals surface area contributed by atoms with Crippen molar-refractivity contribution in [1.82, 2.24) is 0 Å². The third-order valence-electron chi connectivity index (χ3n) is 3.27. The van der Waals surface area contributed by atoms with Crippen LogP contribution < -0.4 is 10.6 Å². The number of carbonyl (C=O) groups is 1. The number of nitrogens with one attached hydrogen (secondary N) is 2. The molecule has 0 aromatic heterocycles. The Morgan fingerprint density at radius 1 is 1.10 bits per heavy atom. The summed E-state index contributed by atoms with van der Waals surface area (Å²) in [6.07, 6.45) is 0.852. The summed E-state index contributed by atoms with van der Waals surface area (Å²) in [6, 6.07) is 14.9. The molecule has 2 aromatic carbocycles. The highest BCUT2D eigenvalue weighted by atomic mass is 16.3. The van der Waals surface area contributed by atoms with Gasteiger partial charge in [-0.15, -0.1) is 0 Å². The van der Waals surface area contributed by atoms with Crippen molar-refractivity contribution in [2.45, 2.75) is 26.3 Å². The zero-order valence-electron chi connectivity index (χ0n) is 12.3. The molecule has 0 aliphatic rings. The number of amides is 1. The highest BCUT2D eigenvalue weighted by molar-refractivity contribution is 5.88. The van der Waals surface area contributed by atoms with E-state index in [4.69, 9.17) is 0 Å². The van der Waals surface area contributed by atoms with Crippen LogP contribution >= 0.6 is 0 Å². The second-order valence-electron chi connectivity index (χ2n) is 4.92. The van der Waals surface area contributed by atoms with Gasteiger partial charge in [0.15, 0.2) is 0 Å². The zero-order valence-corrected chi connectivity index (χ0v) is 12.3. The summed E-state index contributed by atoms with van der Waals surface area (Å²) in [5.74, 6) is 0.211. The first-order chi connectivity index (χ1) is 10.1. The number of anilines is 2. The first kappa shape index (κ1) is 14.9. The van der Waals surface area contributed by atoms with Crippen LogP contribution in [0.4, 0.5) is 11.4 Å². The molecule has 2 rings (SSSR count). The summed E-state index contributed by atoms with van der Waals surface area (Å²) in [4.78, 5) is 11.0. The van der Waals surface area contributed by atoms with Crippen molar-refractivity contribution in [2.75, 3.05) is 10.6 Å². The lowest BCUT2D eigenvalue weighted by atomic mass is 10.0. The van der Waals surface area contributed by atoms with Crippen LogP contribution in [0.3, 0.4) is 0 Å². The van der Waals surface area contributed by atoms with Crippen molar-refractivity contribution in [3.8, 4) is 5.75 Å². The summed E-state index contributed by atoms with van der Waals surface area (Å²) < 4.78 is 0. The molecule has 0 spiro atoms. The largest absolute Gasteiger partial charge is 0.508 e. The van der Waals surface area contributed by atoms with Crippen LogP contribution in [-0.4, -0.2) is 11.0 Å². The number of carbonyl (C=O) groups excluding carboxylic acids is 1. The maximum Gasteiger partial charge on any atom is 0.221 e. The fraction of sp³-hybridized carbons (Fsp3) is 0.235. The van der Waals surface area contributed by atoms with E-state index in [1.807, 2.05) is 42.5 Å². The molecular weight excluding hydrogens is 264 g/mol. The van der Waals surface area contributed by atoms with Crippen LogP contribution in [0.15, 0.2) is 48.5 Å². The molecule has 0 radical (unpaired) electrons. The van der Waals surface area contributed by atoms with E-state index in [9.17, 15) is 9.90 Å². The smallest absolute Gasteiger partial charge is 0.221 e. The summed E-state index contributed by atoms with van der Waals surface area (Å²) in [5, 5.41) is 16.1. The quantitative estimate of drug-likeness (QED) is 0.780. The number of benzene rings is 2. The number of hydrogen-bond acceptors (Lipinski definition) is 3. The maximum absolute atomic E-state index is 11.0. The van der Waals surface area contributed by atoms with Gasteiger partial charge in [0.1, 0.15) is 5.75 Å². The molecule has 0 aliphatic heterocycles. The van der Waals surface area contributed by atoms with Gasteiger partial charge in [-0.25, -0.2) is 0 Å². The van der Waals surface area contributed by atoms with Gasteiger partial charge in [-0.3, -0.25) is 4.79 Å². The minimum absolute atomic E-state index is 0.0396. The lowest BCUT2D eigenvalue weighted by Crippen LogP contribution is -2.10. The lowest BCUT2D eigenvalue weighted by Gasteiger charge is -2.20. The van der Waals surface area contributed by atoms with Crippen molar-refractivity contribution in [2.24, 2.45) is 0 Å². The molecule has 0 aliphatic carbocycles. The van der Waals surface area contributed by atoms with E-state index in [1.54, 1.807) is 6.07 Å². The molecule has 110 valence electrons. The number of hydrogen-bond donors (Lipinski definition) is 3. The monoisotopic (exact) mass is 284 g/mol. The fourth-order valence-corrected chi connectivity index (χ4v) is 2.24. The van der Waals surface area contributed by atoms with Gasteiger partial charge in [0.25, 0.3) is 0 Å². The highest BCUT2D eigenvalue weighted by Gasteiger charge is 2.12. The Morgan fingerprint density at radius 3 is 2.29 bits per heavy atom. The number of phenols is 1. The molecule has 4 nitrogen and oxygen atoms in total. The molecule has 0 bridgehead atoms. The van der Waals surface area contributed by atoms with E-state index in [-0.39, 0.29) is 11.9 Å². The predicted molar refractivity (Wildman–Crippen MR) is 85.5 cm³/mol. The van der Waals surface area contributed by atoms with Gasteiger partial charge in [-0.05, 0) is 36.8 Å². The topological polar surface area (TPSA) is 61.4 Å². The van der Waals surface area contributed by atoms with E-state index in [2.05, 4.69) is 17.6 Å². The standard InChI is InChI=1S/C17H20N2O2/c1-3-16(15-6-4-5-7-17(15)21)19-14-10-8-13(9-11-14)18-12(2)20/h4-11,16,19,21H,3H2,1-2H3,(H,18,20). The van der Waals surface area contributed by atoms with Crippen molar-refractivity contribution in [3.05, 3.63) is 54.1 Å². The first-order valence-electron chi connectivity index (χ1n) is 7.02. The van der Waals surface area contributed by atoms with Gasteiger partial charge in [-0.2, -0.15) is 0 Å². The second-order valence-corrected chi connectivity index (χ2v) is 4.92. The van der Waals surface area contributed by atoms with Crippen LogP contribution in [0, 0.1) is 0 Å². The SMILES string of the molecule is CCC(Nc1ccc(NC(C)=O)cc1)c1ccccc1O. The molecule has 2 aromatic rings. The summed E-state index contributed by atoms with van der Waals surface area (Å²) >= 11 is 0. The molecule has 21 heavy (non-hydrogen) atoms. The average Bonchev–Trinajstić information content (AvgIpc) is 2.47. The Morgan fingerprint density at radius 2 is 1.71 bits per heavy atom. The van der Waals surface area contributed by atoms with E-state index in [0.717, 1.165) is 23.4 Å². The highest BCUT2D eigenvalue weighted by Crippen LogP contribution is 2.29. The Bertz CT molecular complexity index is 608. The maximum atomic E-state index is 11.0. The minimum atomic E-state index is -0.0867. The van der Waals surface area contributed by atoms with E-state index < -0.39 is 0 Å². The van der Waals surface area contributed by atoms with Crippen molar-refractivity contribution in [1.29, 1.82) is 0 Å². The summed E-state index contributed by atoms with van der Waals surface area (Å²) in [7, 11) is 0. The Kier molecular flexibility index (Phi) is 4.82. The average molecular weight is 284 g/mol. The number of para-hydroxylation sites is 1. The third-order valence-corrected chi connectivity index (χ3v) is 3.27. The van der Waals surface area contributed by atoms with E-state index in [0.29, 0.717) is 5.75 Å². The van der Waals surface area contributed by atoms with Gasteiger partial charge >= 0.3 is 0 Å². The van der Waals surface area contributed by atoms with Gasteiger partial charge in [0.05, 0.1) is 6.04 Å². The molecule has 1 unspecified atom stereocenters. The predicted octanol–water partition coefficient (Wildman–Crippen LogP) is 3.91. The Labute approximate surface area is 124 Å². The van der Waals surface area contributed by atoms with Crippen molar-refractivity contribution in [3.63, 3.8) is 0 Å². The fourth-order valence-electron chi connectivity index (χ4n) is 2.24. The van der Waals surface area contributed by atoms with E-state index >= 15 is 0 Å². The van der Waals surface area contributed by atoms with Gasteiger partial charge in [0.2, 0.25) is 5.91 Å². The zero-order chi connectivity index (χ0) is 15.2. The van der Waals surface area contributed by atoms with E-state index in [1.165, 1.54) is 6.92 Å². The van der Waals surface area contributed by atoms with Crippen LogP contribution in [0.5, 0.6) is 5.75 Å². The minimum Gasteiger partial charge on any atom is -0.508 e. The van der Waals surface area contributed by atoms with Gasteiger partial charge in [-0.1, -0.05) is 25.1 Å². The molecule has 1 amide bonds. The second kappa shape index (κ2) is 6.79. The van der Waals surface area contributed by atoms with Crippen LogP contribution in [0.25, 0.3) is 0 Å². The summed E-state index contributed by atoms with van der Waals surface area (Å²) in [6.45, 7) is 3.55. The first-order valence-corrected chi connectivity index (χ1v) is 7.02. The normalized spacial score (nSPS) is 11.7. The Hall–Kier alpha value is -2.49. The van der Waals surface area contributed by atoms with Crippen LogP contribution in [-0.2, 0) is 4.79 Å². The van der Waals surface area contributed by atoms with Crippen molar-refractivity contribution < 1.29 is 9.90 Å². The molecule has 0 saturated carbocycles. The molecule has 4 heteroatoms. The number of phenolic OH excluding ortho intramolecular Hbond substituents is 1. The molecule has 1 atom stereocenters. The molecule has 0 fully saturated rings. The lowest BCUT2D eigenvalue weighted by molar-refractivity contribution is -0.114. The number of rotatable bonds is 5. The van der Waals surface area contributed by atoms with Gasteiger partial charge in [0, 0.05) is 23.9 Å². The Balaban J connectivity index is 2.12.